The van der Waals surface area contributed by atoms with E-state index in [-0.39, 0.29) is 16.6 Å². The molecule has 0 fully saturated rings. The monoisotopic (exact) mass is 283 g/mol. The molecule has 1 aromatic rings. The van der Waals surface area contributed by atoms with Gasteiger partial charge >= 0.3 is 6.18 Å². The summed E-state index contributed by atoms with van der Waals surface area (Å²) in [4.78, 5) is 4.54. The minimum atomic E-state index is -4.35. The number of hydrogen-bond acceptors (Lipinski definition) is 2. The van der Waals surface area contributed by atoms with E-state index < -0.39 is 11.7 Å². The molecule has 0 aliphatic carbocycles. The second-order valence-electron chi connectivity index (χ2n) is 2.81. The first kappa shape index (κ1) is 12.3. The fourth-order valence-corrected chi connectivity index (χ4v) is 1.63. The molecule has 0 bridgehead atoms. The molecule has 2 nitrogen and oxygen atoms in total. The smallest absolute Gasteiger partial charge is 0.279 e. The zero-order valence-corrected chi connectivity index (χ0v) is 9.45. The van der Waals surface area contributed by atoms with Crippen molar-refractivity contribution in [2.75, 3.05) is 12.6 Å². The second-order valence-corrected chi connectivity index (χ2v) is 3.37. The second kappa shape index (κ2) is 4.85. The standard InChI is InChI=1S/C9H9BrF3NO/c1-15-14-7-3-2-6(5-10)8(4-7)9(11,12)13/h2-4,14H,5H2,1H3. The lowest BCUT2D eigenvalue weighted by Gasteiger charge is -2.13. The van der Waals surface area contributed by atoms with Crippen LogP contribution in [-0.2, 0) is 16.3 Å². The van der Waals surface area contributed by atoms with Crippen LogP contribution in [0, 0.1) is 0 Å². The fourth-order valence-electron chi connectivity index (χ4n) is 1.14. The van der Waals surface area contributed by atoms with Crippen LogP contribution in [0.1, 0.15) is 11.1 Å². The van der Waals surface area contributed by atoms with Crippen LogP contribution in [-0.4, -0.2) is 7.11 Å². The van der Waals surface area contributed by atoms with Crippen molar-refractivity contribution in [1.29, 1.82) is 0 Å². The van der Waals surface area contributed by atoms with E-state index in [9.17, 15) is 13.2 Å². The van der Waals surface area contributed by atoms with Crippen LogP contribution in [0.5, 0.6) is 0 Å². The molecule has 0 aliphatic heterocycles. The third-order valence-corrected chi connectivity index (χ3v) is 2.38. The van der Waals surface area contributed by atoms with Crippen LogP contribution in [0.2, 0.25) is 0 Å². The largest absolute Gasteiger partial charge is 0.416 e. The molecule has 0 saturated heterocycles. The maximum atomic E-state index is 12.6. The zero-order chi connectivity index (χ0) is 11.5. The Labute approximate surface area is 93.5 Å². The van der Waals surface area contributed by atoms with E-state index >= 15 is 0 Å². The highest BCUT2D eigenvalue weighted by molar-refractivity contribution is 9.08. The number of halogens is 4. The average molecular weight is 284 g/mol. The van der Waals surface area contributed by atoms with E-state index in [2.05, 4.69) is 26.2 Å². The lowest BCUT2D eigenvalue weighted by Crippen LogP contribution is -2.09. The molecule has 84 valence electrons. The molecule has 0 saturated carbocycles. The maximum Gasteiger partial charge on any atom is 0.416 e. The van der Waals surface area contributed by atoms with E-state index in [0.717, 1.165) is 6.07 Å². The van der Waals surface area contributed by atoms with Crippen LogP contribution in [0.15, 0.2) is 18.2 Å². The van der Waals surface area contributed by atoms with Gasteiger partial charge in [-0.25, -0.2) is 0 Å². The summed E-state index contributed by atoms with van der Waals surface area (Å²) in [7, 11) is 1.34. The normalized spacial score (nSPS) is 11.5. The summed E-state index contributed by atoms with van der Waals surface area (Å²) >= 11 is 3.01. The van der Waals surface area contributed by atoms with Gasteiger partial charge in [0.1, 0.15) is 0 Å². The van der Waals surface area contributed by atoms with Gasteiger partial charge in [0.25, 0.3) is 0 Å². The molecule has 1 rings (SSSR count). The van der Waals surface area contributed by atoms with Crippen LogP contribution >= 0.6 is 15.9 Å². The van der Waals surface area contributed by atoms with Gasteiger partial charge in [-0.3, -0.25) is 10.3 Å². The molecule has 0 unspecified atom stereocenters. The Morgan fingerprint density at radius 3 is 2.53 bits per heavy atom. The molecule has 1 N–H and O–H groups in total. The lowest BCUT2D eigenvalue weighted by molar-refractivity contribution is -0.138. The molecule has 0 aliphatic rings. The molecular weight excluding hydrogens is 275 g/mol. The van der Waals surface area contributed by atoms with Gasteiger partial charge in [-0.05, 0) is 17.7 Å². The minimum absolute atomic E-state index is 0.162. The first-order chi connectivity index (χ1) is 6.99. The molecule has 0 radical (unpaired) electrons. The molecule has 0 spiro atoms. The van der Waals surface area contributed by atoms with Gasteiger partial charge in [-0.1, -0.05) is 22.0 Å². The minimum Gasteiger partial charge on any atom is -0.279 e. The van der Waals surface area contributed by atoms with Crippen LogP contribution in [0.3, 0.4) is 0 Å². The summed E-state index contributed by atoms with van der Waals surface area (Å²) in [6.45, 7) is 0. The quantitative estimate of drug-likeness (QED) is 0.676. The number of hydrogen-bond donors (Lipinski definition) is 1. The Morgan fingerprint density at radius 2 is 2.07 bits per heavy atom. The van der Waals surface area contributed by atoms with Crippen molar-refractivity contribution >= 4 is 21.6 Å². The Hall–Kier alpha value is -0.750. The summed E-state index contributed by atoms with van der Waals surface area (Å²) in [5, 5.41) is 0.162. The van der Waals surface area contributed by atoms with Gasteiger partial charge in [0, 0.05) is 5.33 Å². The number of rotatable bonds is 3. The van der Waals surface area contributed by atoms with Crippen LogP contribution in [0.4, 0.5) is 18.9 Å². The Balaban J connectivity index is 3.13. The molecular formula is C9H9BrF3NO. The zero-order valence-electron chi connectivity index (χ0n) is 7.86. The van der Waals surface area contributed by atoms with E-state index in [1.807, 2.05) is 0 Å². The predicted octanol–water partition coefficient (Wildman–Crippen LogP) is 3.57. The highest BCUT2D eigenvalue weighted by Crippen LogP contribution is 2.34. The molecule has 0 amide bonds. The summed E-state index contributed by atoms with van der Waals surface area (Å²) < 4.78 is 37.7. The molecule has 1 aromatic carbocycles. The summed E-state index contributed by atoms with van der Waals surface area (Å²) in [6, 6.07) is 3.94. The maximum absolute atomic E-state index is 12.6. The highest BCUT2D eigenvalue weighted by atomic mass is 79.9. The van der Waals surface area contributed by atoms with Crippen molar-refractivity contribution in [2.45, 2.75) is 11.5 Å². The third kappa shape index (κ3) is 3.10. The highest BCUT2D eigenvalue weighted by Gasteiger charge is 2.33. The lowest BCUT2D eigenvalue weighted by atomic mass is 10.1. The van der Waals surface area contributed by atoms with Gasteiger partial charge in [-0.2, -0.15) is 13.2 Å². The van der Waals surface area contributed by atoms with E-state index in [1.165, 1.54) is 19.2 Å². The fraction of sp³-hybridized carbons (Fsp3) is 0.333. The van der Waals surface area contributed by atoms with E-state index in [4.69, 9.17) is 0 Å². The molecule has 0 aromatic heterocycles. The van der Waals surface area contributed by atoms with Gasteiger partial charge in [0.05, 0.1) is 18.4 Å². The number of benzene rings is 1. The molecule has 0 atom stereocenters. The summed E-state index contributed by atoms with van der Waals surface area (Å²) in [5.74, 6) is 0. The third-order valence-electron chi connectivity index (χ3n) is 1.78. The van der Waals surface area contributed by atoms with Crippen molar-refractivity contribution in [2.24, 2.45) is 0 Å². The topological polar surface area (TPSA) is 21.3 Å². The van der Waals surface area contributed by atoms with Gasteiger partial charge in [-0.15, -0.1) is 0 Å². The van der Waals surface area contributed by atoms with Crippen LogP contribution < -0.4 is 5.48 Å². The van der Waals surface area contributed by atoms with Crippen molar-refractivity contribution in [3.05, 3.63) is 29.3 Å². The molecule has 6 heteroatoms. The predicted molar refractivity (Wildman–Crippen MR) is 54.7 cm³/mol. The molecule has 0 heterocycles. The van der Waals surface area contributed by atoms with E-state index in [1.54, 1.807) is 0 Å². The van der Waals surface area contributed by atoms with E-state index in [0.29, 0.717) is 0 Å². The summed E-state index contributed by atoms with van der Waals surface area (Å²) in [5.41, 5.74) is 2.16. The van der Waals surface area contributed by atoms with Gasteiger partial charge < -0.3 is 0 Å². The van der Waals surface area contributed by atoms with Crippen LogP contribution in [0.25, 0.3) is 0 Å². The van der Waals surface area contributed by atoms with Crippen molar-refractivity contribution in [1.82, 2.24) is 0 Å². The first-order valence-corrected chi connectivity index (χ1v) is 5.16. The SMILES string of the molecule is CONc1ccc(CBr)c(C(F)(F)F)c1. The first-order valence-electron chi connectivity index (χ1n) is 4.04. The van der Waals surface area contributed by atoms with Crippen molar-refractivity contribution in [3.8, 4) is 0 Å². The van der Waals surface area contributed by atoms with Gasteiger partial charge in [0.15, 0.2) is 0 Å². The Bertz CT molecular complexity index is 341. The van der Waals surface area contributed by atoms with Crippen molar-refractivity contribution < 1.29 is 18.0 Å². The van der Waals surface area contributed by atoms with Gasteiger partial charge in [0.2, 0.25) is 0 Å². The summed E-state index contributed by atoms with van der Waals surface area (Å²) in [6.07, 6.45) is -4.35. The Morgan fingerprint density at radius 1 is 1.40 bits per heavy atom. The number of anilines is 1. The average Bonchev–Trinajstić information content (AvgIpc) is 2.17. The molecule has 15 heavy (non-hydrogen) atoms. The number of nitrogens with one attached hydrogen (secondary N) is 1. The Kier molecular flexibility index (Phi) is 3.98. The van der Waals surface area contributed by atoms with Crippen molar-refractivity contribution in [3.63, 3.8) is 0 Å². The number of alkyl halides is 4.